The van der Waals surface area contributed by atoms with Gasteiger partial charge in [-0.25, -0.2) is 9.69 Å². The van der Waals surface area contributed by atoms with E-state index < -0.39 is 28.3 Å². The third kappa shape index (κ3) is 3.60. The number of phenolic OH excluding ortho intramolecular Hbond substituents is 1. The Hall–Kier alpha value is -3.59. The van der Waals surface area contributed by atoms with Gasteiger partial charge >= 0.3 is 11.7 Å². The number of anilines is 1. The molecule has 1 saturated heterocycles. The number of carbonyl (C=O) groups is 2. The van der Waals surface area contributed by atoms with Crippen LogP contribution >= 0.6 is 11.6 Å². The van der Waals surface area contributed by atoms with Gasteiger partial charge in [-0.05, 0) is 42.8 Å². The van der Waals surface area contributed by atoms with Crippen molar-refractivity contribution in [3.63, 3.8) is 0 Å². The lowest BCUT2D eigenvalue weighted by atomic mass is 10.1. The molecule has 3 rings (SSSR count). The highest BCUT2D eigenvalue weighted by Crippen LogP contribution is 2.38. The van der Waals surface area contributed by atoms with Gasteiger partial charge in [0.25, 0.3) is 5.91 Å². The molecule has 0 bridgehead atoms. The van der Waals surface area contributed by atoms with Crippen LogP contribution in [0.25, 0.3) is 6.08 Å². The second-order valence-corrected chi connectivity index (χ2v) is 6.12. The number of nitro groups is 1. The summed E-state index contributed by atoms with van der Waals surface area (Å²) in [7, 11) is 0. The Morgan fingerprint density at radius 2 is 2.07 bits per heavy atom. The highest BCUT2D eigenvalue weighted by molar-refractivity contribution is 6.32. The number of urea groups is 1. The first-order chi connectivity index (χ1) is 13.3. The van der Waals surface area contributed by atoms with E-state index in [1.807, 2.05) is 0 Å². The molecule has 0 atom stereocenters. The van der Waals surface area contributed by atoms with Gasteiger partial charge in [-0.2, -0.15) is 0 Å². The number of rotatable bonds is 5. The number of hydrogen-bond donors (Lipinski definition) is 2. The summed E-state index contributed by atoms with van der Waals surface area (Å²) in [5.74, 6) is -1.37. The smallest absolute Gasteiger partial charge is 0.333 e. The van der Waals surface area contributed by atoms with Crippen LogP contribution < -0.4 is 15.0 Å². The molecule has 9 nitrogen and oxygen atoms in total. The Bertz CT molecular complexity index is 1020. The van der Waals surface area contributed by atoms with Crippen LogP contribution in [0.3, 0.4) is 0 Å². The number of benzene rings is 2. The zero-order chi connectivity index (χ0) is 20.4. The summed E-state index contributed by atoms with van der Waals surface area (Å²) in [5.41, 5.74) is -0.191. The highest BCUT2D eigenvalue weighted by Gasteiger charge is 2.35. The van der Waals surface area contributed by atoms with Crippen molar-refractivity contribution in [2.24, 2.45) is 0 Å². The van der Waals surface area contributed by atoms with E-state index >= 15 is 0 Å². The number of phenols is 1. The van der Waals surface area contributed by atoms with Crippen molar-refractivity contribution in [1.29, 1.82) is 0 Å². The van der Waals surface area contributed by atoms with E-state index in [1.165, 1.54) is 18.2 Å². The summed E-state index contributed by atoms with van der Waals surface area (Å²) in [6.45, 7) is 1.82. The topological polar surface area (TPSA) is 122 Å². The molecule has 10 heteroatoms. The first-order valence-electron chi connectivity index (χ1n) is 8.08. The number of nitro benzene ring substituents is 1. The van der Waals surface area contributed by atoms with Crippen LogP contribution in [0, 0.1) is 10.1 Å². The molecule has 2 aromatic rings. The summed E-state index contributed by atoms with van der Waals surface area (Å²) < 4.78 is 5.20. The number of ether oxygens (including phenoxy) is 1. The van der Waals surface area contributed by atoms with Crippen LogP contribution in [0.4, 0.5) is 16.2 Å². The zero-order valence-corrected chi connectivity index (χ0v) is 15.3. The van der Waals surface area contributed by atoms with Crippen molar-refractivity contribution in [1.82, 2.24) is 5.32 Å². The molecular formula is C18H14ClN3O6. The molecule has 1 aliphatic rings. The molecule has 28 heavy (non-hydrogen) atoms. The Balaban J connectivity index is 2.01. The maximum atomic E-state index is 12.6. The van der Waals surface area contributed by atoms with Crippen LogP contribution in [0.1, 0.15) is 12.5 Å². The molecule has 0 saturated carbocycles. The van der Waals surface area contributed by atoms with Crippen molar-refractivity contribution in [3.05, 3.63) is 62.8 Å². The second-order valence-electron chi connectivity index (χ2n) is 5.69. The lowest BCUT2D eigenvalue weighted by Gasteiger charge is -2.11. The van der Waals surface area contributed by atoms with Crippen LogP contribution in [0.2, 0.25) is 5.02 Å². The van der Waals surface area contributed by atoms with Crippen LogP contribution in [-0.2, 0) is 4.79 Å². The number of hydrogen-bond acceptors (Lipinski definition) is 6. The first kappa shape index (κ1) is 19.2. The van der Waals surface area contributed by atoms with Gasteiger partial charge in [0.15, 0.2) is 5.75 Å². The first-order valence-corrected chi connectivity index (χ1v) is 8.46. The van der Waals surface area contributed by atoms with Gasteiger partial charge in [-0.3, -0.25) is 14.9 Å². The minimum atomic E-state index is -0.771. The molecule has 0 unspecified atom stereocenters. The van der Waals surface area contributed by atoms with Gasteiger partial charge in [0, 0.05) is 11.1 Å². The Labute approximate surface area is 163 Å². The van der Waals surface area contributed by atoms with Gasteiger partial charge in [0.1, 0.15) is 5.70 Å². The van der Waals surface area contributed by atoms with Crippen molar-refractivity contribution >= 4 is 41.0 Å². The third-order valence-electron chi connectivity index (χ3n) is 3.83. The normalized spacial score (nSPS) is 15.1. The SMILES string of the molecule is CCOc1cc(/C=C2/NC(=O)N(c3cccc(Cl)c3)C2=O)cc([N+](=O)[O-])c1O. The maximum Gasteiger partial charge on any atom is 0.333 e. The zero-order valence-electron chi connectivity index (χ0n) is 14.5. The molecule has 2 aromatic carbocycles. The third-order valence-corrected chi connectivity index (χ3v) is 4.06. The lowest BCUT2D eigenvalue weighted by Crippen LogP contribution is -2.30. The minimum absolute atomic E-state index is 0.0904. The predicted molar refractivity (Wildman–Crippen MR) is 101 cm³/mol. The summed E-state index contributed by atoms with van der Waals surface area (Å²) in [4.78, 5) is 36.2. The molecule has 0 radical (unpaired) electrons. The quantitative estimate of drug-likeness (QED) is 0.341. The monoisotopic (exact) mass is 403 g/mol. The standard InChI is InChI=1S/C18H14ClN3O6/c1-2-28-15-8-10(7-14(16(15)23)22(26)27)6-13-17(24)21(18(25)20-13)12-5-3-4-11(19)9-12/h3-9,23H,2H2,1H3,(H,20,25)/b13-6+. The van der Waals surface area contributed by atoms with Gasteiger partial charge in [0.2, 0.25) is 5.75 Å². The van der Waals surface area contributed by atoms with Crippen molar-refractivity contribution in [3.8, 4) is 11.5 Å². The molecule has 1 heterocycles. The Kier molecular flexibility index (Phi) is 5.18. The molecule has 1 aliphatic heterocycles. The molecule has 0 spiro atoms. The maximum absolute atomic E-state index is 12.6. The molecule has 0 aliphatic carbocycles. The molecule has 1 fully saturated rings. The average Bonchev–Trinajstić information content (AvgIpc) is 2.91. The number of aromatic hydroxyl groups is 1. The van der Waals surface area contributed by atoms with E-state index in [4.69, 9.17) is 16.3 Å². The van der Waals surface area contributed by atoms with E-state index in [0.29, 0.717) is 5.02 Å². The van der Waals surface area contributed by atoms with E-state index in [0.717, 1.165) is 11.0 Å². The number of amides is 3. The van der Waals surface area contributed by atoms with Gasteiger partial charge < -0.3 is 15.2 Å². The molecule has 0 aromatic heterocycles. The fourth-order valence-electron chi connectivity index (χ4n) is 2.65. The van der Waals surface area contributed by atoms with Crippen LogP contribution in [0.5, 0.6) is 11.5 Å². The fourth-order valence-corrected chi connectivity index (χ4v) is 2.84. The number of halogens is 1. The largest absolute Gasteiger partial charge is 0.500 e. The number of imide groups is 1. The number of nitrogens with one attached hydrogen (secondary N) is 1. The lowest BCUT2D eigenvalue weighted by molar-refractivity contribution is -0.386. The summed E-state index contributed by atoms with van der Waals surface area (Å²) in [6.07, 6.45) is 1.26. The van der Waals surface area contributed by atoms with Gasteiger partial charge in [0.05, 0.1) is 17.2 Å². The Morgan fingerprint density at radius 1 is 1.32 bits per heavy atom. The number of nitrogens with zero attached hydrogens (tertiary/aromatic N) is 2. The summed E-state index contributed by atoms with van der Waals surface area (Å²) in [6, 6.07) is 7.93. The summed E-state index contributed by atoms with van der Waals surface area (Å²) in [5, 5.41) is 23.9. The Morgan fingerprint density at radius 3 is 2.71 bits per heavy atom. The molecule has 3 amide bonds. The van der Waals surface area contributed by atoms with Crippen LogP contribution in [-0.4, -0.2) is 28.6 Å². The van der Waals surface area contributed by atoms with Gasteiger partial charge in [-0.1, -0.05) is 17.7 Å². The number of carbonyl (C=O) groups excluding carboxylic acids is 2. The highest BCUT2D eigenvalue weighted by atomic mass is 35.5. The van der Waals surface area contributed by atoms with E-state index in [9.17, 15) is 24.8 Å². The predicted octanol–water partition coefficient (Wildman–Crippen LogP) is 3.45. The molecule has 144 valence electrons. The molecular weight excluding hydrogens is 390 g/mol. The second kappa shape index (κ2) is 7.57. The summed E-state index contributed by atoms with van der Waals surface area (Å²) >= 11 is 5.91. The van der Waals surface area contributed by atoms with Crippen molar-refractivity contribution in [2.45, 2.75) is 6.92 Å². The fraction of sp³-hybridized carbons (Fsp3) is 0.111. The van der Waals surface area contributed by atoms with Crippen molar-refractivity contribution in [2.75, 3.05) is 11.5 Å². The van der Waals surface area contributed by atoms with E-state index in [2.05, 4.69) is 5.32 Å². The molecule has 2 N–H and O–H groups in total. The van der Waals surface area contributed by atoms with E-state index in [1.54, 1.807) is 25.1 Å². The van der Waals surface area contributed by atoms with E-state index in [-0.39, 0.29) is 29.3 Å². The van der Waals surface area contributed by atoms with Crippen LogP contribution in [0.15, 0.2) is 42.1 Å². The average molecular weight is 404 g/mol. The minimum Gasteiger partial charge on any atom is -0.500 e. The van der Waals surface area contributed by atoms with Gasteiger partial charge in [-0.15, -0.1) is 0 Å². The van der Waals surface area contributed by atoms with Crippen molar-refractivity contribution < 1.29 is 24.4 Å².